The van der Waals surface area contributed by atoms with Crippen LogP contribution < -0.4 is 11.2 Å². The van der Waals surface area contributed by atoms with Gasteiger partial charge in [-0.15, -0.1) is 10.2 Å². The van der Waals surface area contributed by atoms with E-state index in [4.69, 9.17) is 16.0 Å². The third-order valence-corrected chi connectivity index (χ3v) is 4.66. The first-order chi connectivity index (χ1) is 12.3. The first-order valence-electron chi connectivity index (χ1n) is 7.44. The van der Waals surface area contributed by atoms with Gasteiger partial charge in [0.25, 0.3) is 10.8 Å². The molecule has 2 heterocycles. The lowest BCUT2D eigenvalue weighted by molar-refractivity contribution is 0.108. The van der Waals surface area contributed by atoms with Gasteiger partial charge in [-0.1, -0.05) is 11.6 Å². The zero-order valence-electron chi connectivity index (χ0n) is 13.8. The number of aromatic amines is 1. The highest BCUT2D eigenvalue weighted by Crippen LogP contribution is 2.23. The first kappa shape index (κ1) is 18.2. The molecule has 1 aromatic carbocycles. The highest BCUT2D eigenvalue weighted by molar-refractivity contribution is 8.14. The minimum atomic E-state index is -0.494. The Balaban J connectivity index is 1.78. The van der Waals surface area contributed by atoms with Gasteiger partial charge in [-0.25, -0.2) is 4.79 Å². The summed E-state index contributed by atoms with van der Waals surface area (Å²) in [6.07, 6.45) is 0.0536. The van der Waals surface area contributed by atoms with Crippen LogP contribution in [-0.2, 0) is 13.5 Å². The van der Waals surface area contributed by atoms with Crippen molar-refractivity contribution in [1.29, 1.82) is 0 Å². The normalized spacial score (nSPS) is 10.9. The number of thioether (sulfide) groups is 1. The number of carbonyl (C=O) groups is 1. The molecule has 0 aliphatic carbocycles. The first-order valence-corrected chi connectivity index (χ1v) is 8.63. The molecule has 3 rings (SSSR count). The van der Waals surface area contributed by atoms with E-state index in [1.54, 1.807) is 31.2 Å². The third kappa shape index (κ3) is 3.78. The Kier molecular flexibility index (Phi) is 5.10. The topological polar surface area (TPSA) is 111 Å². The van der Waals surface area contributed by atoms with E-state index in [0.717, 1.165) is 16.3 Å². The lowest BCUT2D eigenvalue weighted by atomic mass is 10.2. The molecule has 8 nitrogen and oxygen atoms in total. The summed E-state index contributed by atoms with van der Waals surface area (Å²) in [6.45, 7) is 1.62. The minimum Gasteiger partial charge on any atom is -0.415 e. The van der Waals surface area contributed by atoms with Crippen LogP contribution in [0.3, 0.4) is 0 Å². The number of rotatable bonds is 4. The van der Waals surface area contributed by atoms with Crippen LogP contribution in [0.1, 0.15) is 27.5 Å². The van der Waals surface area contributed by atoms with Crippen LogP contribution in [-0.4, -0.2) is 24.9 Å². The summed E-state index contributed by atoms with van der Waals surface area (Å²) in [5.74, 6) is 0.170. The number of carbonyl (C=O) groups excluding carboxylic acids is 1. The Labute approximate surface area is 156 Å². The van der Waals surface area contributed by atoms with Crippen molar-refractivity contribution in [2.24, 2.45) is 7.05 Å². The Morgan fingerprint density at radius 3 is 2.65 bits per heavy atom. The van der Waals surface area contributed by atoms with Crippen molar-refractivity contribution in [2.45, 2.75) is 18.6 Å². The summed E-state index contributed by atoms with van der Waals surface area (Å²) in [6, 6.07) is 6.43. The lowest BCUT2D eigenvalue weighted by Gasteiger charge is -2.04. The van der Waals surface area contributed by atoms with Gasteiger partial charge in [0, 0.05) is 40.7 Å². The highest BCUT2D eigenvalue weighted by atomic mass is 35.5. The molecule has 0 radical (unpaired) electrons. The van der Waals surface area contributed by atoms with Gasteiger partial charge < -0.3 is 9.40 Å². The smallest absolute Gasteiger partial charge is 0.328 e. The van der Waals surface area contributed by atoms with Gasteiger partial charge in [-0.2, -0.15) is 0 Å². The molecule has 0 aliphatic heterocycles. The van der Waals surface area contributed by atoms with E-state index in [-0.39, 0.29) is 22.6 Å². The van der Waals surface area contributed by atoms with Crippen molar-refractivity contribution in [3.05, 3.63) is 72.8 Å². The van der Waals surface area contributed by atoms with Crippen LogP contribution in [0.15, 0.2) is 43.5 Å². The maximum atomic E-state index is 12.2. The Bertz CT molecular complexity index is 1080. The number of aromatic nitrogens is 4. The van der Waals surface area contributed by atoms with Crippen molar-refractivity contribution >= 4 is 28.5 Å². The molecule has 0 amide bonds. The van der Waals surface area contributed by atoms with E-state index < -0.39 is 11.2 Å². The Morgan fingerprint density at radius 2 is 1.96 bits per heavy atom. The lowest BCUT2D eigenvalue weighted by Crippen LogP contribution is -2.36. The fraction of sp³-hybridized carbons (Fsp3) is 0.188. The number of halogens is 1. The van der Waals surface area contributed by atoms with E-state index in [9.17, 15) is 14.4 Å². The zero-order valence-corrected chi connectivity index (χ0v) is 15.3. The summed E-state index contributed by atoms with van der Waals surface area (Å²) in [5, 5.41) is 8.00. The van der Waals surface area contributed by atoms with Crippen molar-refractivity contribution in [3.8, 4) is 0 Å². The predicted octanol–water partition coefficient (Wildman–Crippen LogP) is 1.94. The molecular weight excluding hydrogens is 380 g/mol. The largest absolute Gasteiger partial charge is 0.415 e. The number of aryl methyl sites for hydroxylation is 1. The molecular formula is C16H13ClN4O4S. The standard InChI is InChI=1S/C16H13ClN4O4S/c1-8-11(13(22)21(2)15(24)18-8)7-12-19-20-16(25-12)26-14(23)9-3-5-10(17)6-4-9/h3-6H,7H2,1-2H3,(H,18,24). The van der Waals surface area contributed by atoms with Crippen molar-refractivity contribution < 1.29 is 9.21 Å². The fourth-order valence-corrected chi connectivity index (χ4v) is 2.97. The molecule has 0 saturated heterocycles. The minimum absolute atomic E-state index is 0.0536. The predicted molar refractivity (Wildman–Crippen MR) is 95.8 cm³/mol. The second-order valence-electron chi connectivity index (χ2n) is 5.43. The van der Waals surface area contributed by atoms with Gasteiger partial charge in [-0.05, 0) is 31.2 Å². The number of benzene rings is 1. The van der Waals surface area contributed by atoms with Crippen LogP contribution in [0.2, 0.25) is 5.02 Å². The Hall–Kier alpha value is -2.65. The second kappa shape index (κ2) is 7.30. The highest BCUT2D eigenvalue weighted by Gasteiger charge is 2.17. The van der Waals surface area contributed by atoms with Crippen LogP contribution in [0.4, 0.5) is 0 Å². The number of hydrogen-bond acceptors (Lipinski definition) is 7. The SMILES string of the molecule is Cc1[nH]c(=O)n(C)c(=O)c1Cc1nnc(SC(=O)c2ccc(Cl)cc2)o1. The van der Waals surface area contributed by atoms with E-state index in [1.807, 2.05) is 0 Å². The van der Waals surface area contributed by atoms with Gasteiger partial charge in [0.2, 0.25) is 11.0 Å². The number of nitrogens with one attached hydrogen (secondary N) is 1. The summed E-state index contributed by atoms with van der Waals surface area (Å²) in [5.41, 5.74) is 0.297. The van der Waals surface area contributed by atoms with Gasteiger partial charge in [0.05, 0.1) is 6.42 Å². The van der Waals surface area contributed by atoms with Crippen molar-refractivity contribution in [2.75, 3.05) is 0 Å². The van der Waals surface area contributed by atoms with E-state index in [0.29, 0.717) is 21.8 Å². The zero-order chi connectivity index (χ0) is 18.8. The summed E-state index contributed by atoms with van der Waals surface area (Å²) < 4.78 is 6.41. The van der Waals surface area contributed by atoms with Gasteiger partial charge in [-0.3, -0.25) is 14.2 Å². The maximum absolute atomic E-state index is 12.2. The summed E-state index contributed by atoms with van der Waals surface area (Å²) in [7, 11) is 1.38. The monoisotopic (exact) mass is 392 g/mol. The van der Waals surface area contributed by atoms with Crippen LogP contribution >= 0.6 is 23.4 Å². The van der Waals surface area contributed by atoms with Crippen LogP contribution in [0.5, 0.6) is 0 Å². The number of hydrogen-bond donors (Lipinski definition) is 1. The molecule has 134 valence electrons. The fourth-order valence-electron chi connectivity index (χ4n) is 2.21. The maximum Gasteiger partial charge on any atom is 0.328 e. The van der Waals surface area contributed by atoms with Crippen molar-refractivity contribution in [1.82, 2.24) is 19.7 Å². The number of H-pyrrole nitrogens is 1. The Morgan fingerprint density at radius 1 is 1.27 bits per heavy atom. The quantitative estimate of drug-likeness (QED) is 0.675. The molecule has 0 saturated carbocycles. The molecule has 10 heteroatoms. The molecule has 0 bridgehead atoms. The molecule has 0 atom stereocenters. The molecule has 0 fully saturated rings. The van der Waals surface area contributed by atoms with Gasteiger partial charge in [0.1, 0.15) is 0 Å². The summed E-state index contributed by atoms with van der Waals surface area (Å²) >= 11 is 6.58. The average molecular weight is 393 g/mol. The molecule has 3 aromatic rings. The van der Waals surface area contributed by atoms with E-state index in [2.05, 4.69) is 15.2 Å². The molecule has 1 N–H and O–H groups in total. The molecule has 0 unspecified atom stereocenters. The molecule has 26 heavy (non-hydrogen) atoms. The van der Waals surface area contributed by atoms with Gasteiger partial charge >= 0.3 is 5.69 Å². The van der Waals surface area contributed by atoms with Gasteiger partial charge in [0.15, 0.2) is 0 Å². The molecule has 0 spiro atoms. The molecule has 2 aromatic heterocycles. The number of nitrogens with zero attached hydrogens (tertiary/aromatic N) is 3. The van der Waals surface area contributed by atoms with Crippen LogP contribution in [0.25, 0.3) is 0 Å². The van der Waals surface area contributed by atoms with E-state index in [1.165, 1.54) is 7.05 Å². The third-order valence-electron chi connectivity index (χ3n) is 3.65. The summed E-state index contributed by atoms with van der Waals surface area (Å²) in [4.78, 5) is 38.5. The average Bonchev–Trinajstić information content (AvgIpc) is 3.04. The molecule has 0 aliphatic rings. The van der Waals surface area contributed by atoms with Crippen molar-refractivity contribution in [3.63, 3.8) is 0 Å². The second-order valence-corrected chi connectivity index (χ2v) is 6.79. The van der Waals surface area contributed by atoms with Crippen LogP contribution in [0, 0.1) is 6.92 Å². The van der Waals surface area contributed by atoms with E-state index >= 15 is 0 Å².